The third kappa shape index (κ3) is 45.5. The first-order valence-corrected chi connectivity index (χ1v) is 46.9. The molecule has 2 rings (SSSR count). The Morgan fingerprint density at radius 2 is 0.676 bits per heavy atom. The van der Waals surface area contributed by atoms with Crippen molar-refractivity contribution in [1.29, 1.82) is 0 Å². The number of aliphatic hydroxyl groups is 5. The number of primary amides is 3. The van der Waals surface area contributed by atoms with Crippen molar-refractivity contribution < 1.29 is 151 Å². The number of fused-ring (bicyclic) bond motifs is 1. The van der Waals surface area contributed by atoms with Crippen molar-refractivity contribution >= 4 is 153 Å². The summed E-state index contributed by atoms with van der Waals surface area (Å²) < 4.78 is 0. The minimum absolute atomic E-state index is 0.00366. The number of aliphatic carboxylic acids is 2. The van der Waals surface area contributed by atoms with Gasteiger partial charge in [-0.3, -0.25) is 110 Å². The summed E-state index contributed by atoms with van der Waals surface area (Å²) in [6.45, 7) is 7.67. The molecule has 57 heteroatoms. The highest BCUT2D eigenvalue weighted by atomic mass is 16.4. The van der Waals surface area contributed by atoms with Gasteiger partial charge in [-0.2, -0.15) is 0 Å². The topological polar surface area (TPSA) is 952 Å². The molecule has 0 bridgehead atoms. The van der Waals surface area contributed by atoms with Crippen molar-refractivity contribution in [2.45, 2.75) is 274 Å². The van der Waals surface area contributed by atoms with Crippen LogP contribution in [0.2, 0.25) is 0 Å². The predicted octanol–water partition coefficient (Wildman–Crippen LogP) is -13.9. The quantitative estimate of drug-likeness (QED) is 0.0274. The van der Waals surface area contributed by atoms with Crippen LogP contribution in [0.15, 0.2) is 30.5 Å². The number of carboxylic acid groups (broad SMARTS) is 2. The number of amides is 22. The van der Waals surface area contributed by atoms with Crippen molar-refractivity contribution in [2.24, 2.45) is 58.1 Å². The number of rotatable bonds is 70. The molecule has 0 aliphatic carbocycles. The van der Waals surface area contributed by atoms with Gasteiger partial charge in [0.2, 0.25) is 130 Å². The van der Waals surface area contributed by atoms with Gasteiger partial charge >= 0.3 is 11.9 Å². The molecule has 1 aromatic carbocycles. The maximum atomic E-state index is 14.4. The Balaban J connectivity index is 2.30. The lowest BCUT2D eigenvalue weighted by Gasteiger charge is -2.31. The van der Waals surface area contributed by atoms with Gasteiger partial charge in [-0.05, 0) is 120 Å². The van der Waals surface area contributed by atoms with Crippen LogP contribution in [0.1, 0.15) is 165 Å². The van der Waals surface area contributed by atoms with Crippen molar-refractivity contribution in [3.63, 3.8) is 0 Å². The zero-order valence-corrected chi connectivity index (χ0v) is 82.5. The standard InChI is InChI=1S/C88H144N26O31/c1-11-43(8)70(86(142)111-67(40(2)3)83(139)98-35-65(125)101-57(37-116)81(137)106-55(30-46-32-95-49-19-13-12-18-47(46)49)74(130)96-33-63(123)99-44(9)72(128)102-51(21-15-17-29-90)79(135)110-68(41(4)5)84(140)109-59(39-118)88(144)145)113-85(141)69(42(6)7)112-87(143)71(45(10)119)114-80(136)53(23-26-61(93)121)105-82(138)58(38-117)108-76(132)50(20-14-16-28-89)100-64(124)34-97-75(131)56(36-115)107-78(134)52(22-25-60(92)120)104-77(133)54(24-27-66(126)127)103-73(129)48(91)31-62(94)122/h12-13,18-19,32,40-45,48,50-59,67-71,95,115-119H,11,14-17,20-31,33-39,89-91H2,1-10H3,(H2,92,120)(H2,93,121)(H2,94,122)(H,96,130)(H,97,131)(H,98,139)(H,99,123)(H,100,124)(H,101,125)(H,102,128)(H,103,129)(H,104,133)(H,105,138)(H,106,137)(H,107,134)(H,108,132)(H,109,140)(H,110,135)(H,111,142)(H,112,143)(H,113,141)(H,114,136)(H,126,127)(H,144,145)/t43-,44-,45+,48-,50-,51-,52-,53-,54-,55-,56-,57-,58-,59-,67-,68-,69-,70-,71-/m0/s1. The number of aromatic amines is 1. The van der Waals surface area contributed by atoms with E-state index in [0.29, 0.717) is 29.3 Å². The Morgan fingerprint density at radius 3 is 1.11 bits per heavy atom. The average Bonchev–Trinajstić information content (AvgIpc) is 1.31. The van der Waals surface area contributed by atoms with Crippen LogP contribution in [0.3, 0.4) is 0 Å². The monoisotopic (exact) mass is 2060 g/mol. The summed E-state index contributed by atoms with van der Waals surface area (Å²) >= 11 is 0. The number of H-pyrrole nitrogens is 1. The van der Waals surface area contributed by atoms with Gasteiger partial charge in [-0.1, -0.05) is 80.0 Å². The number of nitrogens with one attached hydrogen (secondary N) is 20. The molecule has 0 radical (unpaired) electrons. The lowest BCUT2D eigenvalue weighted by molar-refractivity contribution is -0.143. The van der Waals surface area contributed by atoms with Gasteiger partial charge in [0, 0.05) is 42.8 Å². The van der Waals surface area contributed by atoms with E-state index in [1.165, 1.54) is 34.6 Å². The van der Waals surface area contributed by atoms with Crippen LogP contribution in [0.5, 0.6) is 0 Å². The molecule has 2 aromatic rings. The summed E-state index contributed by atoms with van der Waals surface area (Å²) in [6.07, 6.45) is -4.02. The Bertz CT molecular complexity index is 4790. The number of hydrogen-bond acceptors (Lipinski definition) is 32. The summed E-state index contributed by atoms with van der Waals surface area (Å²) in [5.41, 5.74) is 33.9. The summed E-state index contributed by atoms with van der Waals surface area (Å²) in [4.78, 5) is 323. The van der Waals surface area contributed by atoms with Crippen LogP contribution in [0.4, 0.5) is 0 Å². The van der Waals surface area contributed by atoms with Crippen LogP contribution in [0.25, 0.3) is 10.9 Å². The fourth-order valence-electron chi connectivity index (χ4n) is 13.8. The van der Waals surface area contributed by atoms with E-state index in [9.17, 15) is 151 Å². The van der Waals surface area contributed by atoms with E-state index in [2.05, 4.69) is 106 Å². The number of benzene rings is 1. The lowest BCUT2D eigenvalue weighted by Crippen LogP contribution is -2.63. The molecule has 19 atom stereocenters. The van der Waals surface area contributed by atoms with E-state index < -0.39 is 365 Å². The SMILES string of the molecule is CC[C@H](C)[C@H](NC(=O)[C@@H](NC(=O)[C@@H](NC(=O)[C@H](CCC(N)=O)NC(=O)[C@H](CO)NC(=O)[C@H](CCCCN)NC(=O)CNC(=O)[C@H](CO)NC(=O)[C@H](CCC(N)=O)NC(=O)[C@H](CCC(=O)O)NC(=O)[C@@H](N)CC(N)=O)[C@@H](C)O)C(C)C)C(=O)N[C@H](C(=O)NCC(=O)N[C@@H](CO)C(=O)N[C@@H](Cc1c[nH]c2ccccc12)C(=O)NCC(=O)N[C@@H](C)C(=O)N[C@@H](CCCCN)C(=O)N[C@H](C(=O)N[C@@H](CO)C(=O)O)C(C)C)C(C)C. The smallest absolute Gasteiger partial charge is 0.328 e. The molecular formula is C88H144N26O31. The van der Waals surface area contributed by atoms with E-state index in [1.54, 1.807) is 58.2 Å². The zero-order valence-electron chi connectivity index (χ0n) is 82.5. The minimum atomic E-state index is -2.01. The number of carboxylic acids is 2. The first-order valence-electron chi connectivity index (χ1n) is 46.9. The van der Waals surface area contributed by atoms with E-state index in [1.807, 2.05) is 0 Å². The molecule has 812 valence electrons. The van der Waals surface area contributed by atoms with Crippen molar-refractivity contribution in [1.82, 2.24) is 106 Å². The largest absolute Gasteiger partial charge is 0.481 e. The lowest BCUT2D eigenvalue weighted by atomic mass is 9.95. The summed E-state index contributed by atoms with van der Waals surface area (Å²) in [5, 5.41) is 115. The highest BCUT2D eigenvalue weighted by Crippen LogP contribution is 2.21. The number of carbonyl (C=O) groups excluding carboxylic acids is 22. The second-order valence-electron chi connectivity index (χ2n) is 35.4. The molecule has 0 spiro atoms. The van der Waals surface area contributed by atoms with Crippen LogP contribution in [-0.4, -0.2) is 351 Å². The van der Waals surface area contributed by atoms with Gasteiger partial charge < -0.3 is 176 Å². The maximum absolute atomic E-state index is 14.4. The predicted molar refractivity (Wildman–Crippen MR) is 511 cm³/mol. The number of nitrogens with two attached hydrogens (primary N) is 6. The van der Waals surface area contributed by atoms with Crippen LogP contribution in [-0.2, 0) is 121 Å². The molecule has 57 nitrogen and oxygen atoms in total. The molecule has 39 N–H and O–H groups in total. The molecule has 0 aliphatic heterocycles. The fourth-order valence-corrected chi connectivity index (χ4v) is 13.8. The van der Waals surface area contributed by atoms with E-state index >= 15 is 0 Å². The third-order valence-electron chi connectivity index (χ3n) is 22.5. The summed E-state index contributed by atoms with van der Waals surface area (Å²) in [7, 11) is 0. The Kier molecular flexibility index (Phi) is 56.9. The van der Waals surface area contributed by atoms with Crippen molar-refractivity contribution in [3.8, 4) is 0 Å². The number of aromatic nitrogens is 1. The highest BCUT2D eigenvalue weighted by molar-refractivity contribution is 6.03. The Labute approximate surface area is 833 Å². The van der Waals surface area contributed by atoms with Crippen molar-refractivity contribution in [2.75, 3.05) is 59.2 Å². The molecule has 0 saturated carbocycles. The first-order chi connectivity index (χ1) is 68.1. The van der Waals surface area contributed by atoms with Gasteiger partial charge in [0.25, 0.3) is 0 Å². The number of unbranched alkanes of at least 4 members (excludes halogenated alkanes) is 2. The van der Waals surface area contributed by atoms with Gasteiger partial charge in [0.15, 0.2) is 0 Å². The number of para-hydroxylation sites is 1. The fraction of sp³-hybridized carbons (Fsp3) is 0.636. The molecule has 0 aliphatic rings. The average molecular weight is 2060 g/mol. The number of aliphatic hydroxyl groups excluding tert-OH is 5. The van der Waals surface area contributed by atoms with E-state index in [4.69, 9.17) is 34.4 Å². The van der Waals surface area contributed by atoms with Crippen LogP contribution < -0.4 is 135 Å². The molecule has 0 fully saturated rings. The highest BCUT2D eigenvalue weighted by Gasteiger charge is 2.41. The van der Waals surface area contributed by atoms with E-state index in [0.717, 1.165) is 6.92 Å². The Morgan fingerprint density at radius 1 is 0.345 bits per heavy atom. The summed E-state index contributed by atoms with van der Waals surface area (Å²) in [6, 6.07) is -21.4. The minimum Gasteiger partial charge on any atom is -0.481 e. The second-order valence-corrected chi connectivity index (χ2v) is 35.4. The maximum Gasteiger partial charge on any atom is 0.328 e. The Hall–Kier alpha value is -14.3. The normalized spacial score (nSPS) is 15.1. The third-order valence-corrected chi connectivity index (χ3v) is 22.5. The van der Waals surface area contributed by atoms with Gasteiger partial charge in [-0.15, -0.1) is 0 Å². The zero-order chi connectivity index (χ0) is 110. The molecule has 0 saturated heterocycles. The molecule has 1 aromatic heterocycles. The van der Waals surface area contributed by atoms with Crippen molar-refractivity contribution in [3.05, 3.63) is 36.0 Å². The molecule has 1 heterocycles. The molecule has 0 unspecified atom stereocenters. The molecular weight excluding hydrogens is 1920 g/mol. The first kappa shape index (κ1) is 127. The van der Waals surface area contributed by atoms with Gasteiger partial charge in [-0.25, -0.2) is 4.79 Å². The number of carbonyl (C=O) groups is 24. The molecule has 22 amide bonds. The van der Waals surface area contributed by atoms with Crippen LogP contribution in [0, 0.1) is 23.7 Å². The summed E-state index contributed by atoms with van der Waals surface area (Å²) in [5.74, 6) is -29.8. The van der Waals surface area contributed by atoms with Crippen LogP contribution >= 0.6 is 0 Å². The number of hydrogen-bond donors (Lipinski definition) is 33. The second kappa shape index (κ2) is 65.1. The van der Waals surface area contributed by atoms with E-state index in [-0.39, 0.29) is 51.6 Å². The molecule has 145 heavy (non-hydrogen) atoms. The van der Waals surface area contributed by atoms with Gasteiger partial charge in [0.05, 0.1) is 64.6 Å². The van der Waals surface area contributed by atoms with Gasteiger partial charge in [0.1, 0.15) is 96.7 Å².